The lowest BCUT2D eigenvalue weighted by Crippen LogP contribution is -2.29. The normalized spacial score (nSPS) is 10.2. The van der Waals surface area contributed by atoms with Gasteiger partial charge in [0.05, 0.1) is 11.5 Å². The van der Waals surface area contributed by atoms with Crippen LogP contribution >= 0.6 is 0 Å². The van der Waals surface area contributed by atoms with E-state index in [-0.39, 0.29) is 5.89 Å². The summed E-state index contributed by atoms with van der Waals surface area (Å²) in [4.78, 5) is 14.4. The van der Waals surface area contributed by atoms with Crippen LogP contribution in [-0.2, 0) is 4.79 Å². The zero-order chi connectivity index (χ0) is 12.3. The van der Waals surface area contributed by atoms with Crippen LogP contribution in [0.25, 0.3) is 11.5 Å². The van der Waals surface area contributed by atoms with Crippen LogP contribution in [0.3, 0.4) is 0 Å². The third-order valence-corrected chi connectivity index (χ3v) is 1.99. The van der Waals surface area contributed by atoms with Crippen LogP contribution in [0.2, 0.25) is 0 Å². The molecule has 0 N–H and O–H groups in total. The summed E-state index contributed by atoms with van der Waals surface area (Å²) < 4.78 is 10.1. The molecule has 0 unspecified atom stereocenters. The van der Waals surface area contributed by atoms with Gasteiger partial charge in [-0.3, -0.25) is 0 Å². The summed E-state index contributed by atoms with van der Waals surface area (Å²) in [5.74, 6) is -0.145. The van der Waals surface area contributed by atoms with Crippen molar-refractivity contribution in [3.05, 3.63) is 30.1 Å². The lowest BCUT2D eigenvalue weighted by atomic mass is 10.2. The molecule has 0 amide bonds. The van der Waals surface area contributed by atoms with Gasteiger partial charge in [-0.05, 0) is 19.1 Å². The highest BCUT2D eigenvalue weighted by atomic mass is 16.5. The Labute approximate surface area is 96.8 Å². The molecule has 0 saturated carbocycles. The summed E-state index contributed by atoms with van der Waals surface area (Å²) in [6.07, 6.45) is 0. The van der Waals surface area contributed by atoms with E-state index in [4.69, 9.17) is 9.26 Å². The number of ether oxygens (including phenoxy) is 1. The summed E-state index contributed by atoms with van der Waals surface area (Å²) in [6, 6.07) is 6.81. The minimum atomic E-state index is -1.29. The Morgan fingerprint density at radius 3 is 2.88 bits per heavy atom. The fourth-order valence-electron chi connectivity index (χ4n) is 1.31. The van der Waals surface area contributed by atoms with Crippen molar-refractivity contribution in [2.75, 3.05) is 6.61 Å². The quantitative estimate of drug-likeness (QED) is 0.748. The van der Waals surface area contributed by atoms with Crippen LogP contribution in [0, 0.1) is 6.92 Å². The van der Waals surface area contributed by atoms with Gasteiger partial charge in [0.15, 0.2) is 5.82 Å². The second-order valence-corrected chi connectivity index (χ2v) is 3.30. The number of aromatic nitrogens is 2. The molecule has 17 heavy (non-hydrogen) atoms. The Bertz CT molecular complexity index is 536. The molecule has 2 aromatic rings. The van der Waals surface area contributed by atoms with Crippen molar-refractivity contribution in [2.45, 2.75) is 6.92 Å². The number of rotatable bonds is 4. The van der Waals surface area contributed by atoms with E-state index in [2.05, 4.69) is 10.1 Å². The van der Waals surface area contributed by atoms with Crippen LogP contribution in [0.5, 0.6) is 5.75 Å². The molecule has 0 fully saturated rings. The van der Waals surface area contributed by atoms with Crippen molar-refractivity contribution in [2.24, 2.45) is 0 Å². The number of nitrogens with zero attached hydrogens (tertiary/aromatic N) is 2. The first-order valence-corrected chi connectivity index (χ1v) is 4.89. The highest BCUT2D eigenvalue weighted by molar-refractivity contribution is 5.68. The average Bonchev–Trinajstić information content (AvgIpc) is 2.73. The van der Waals surface area contributed by atoms with E-state index in [1.165, 1.54) is 0 Å². The Hall–Kier alpha value is -2.37. The van der Waals surface area contributed by atoms with Crippen molar-refractivity contribution >= 4 is 5.97 Å². The van der Waals surface area contributed by atoms with Crippen LogP contribution < -0.4 is 9.84 Å². The average molecular weight is 233 g/mol. The Morgan fingerprint density at radius 1 is 1.47 bits per heavy atom. The third kappa shape index (κ3) is 2.60. The molecule has 0 aliphatic carbocycles. The van der Waals surface area contributed by atoms with Crippen molar-refractivity contribution < 1.29 is 19.2 Å². The Balaban J connectivity index is 2.30. The van der Waals surface area contributed by atoms with Gasteiger partial charge in [0.25, 0.3) is 5.89 Å². The Morgan fingerprint density at radius 2 is 2.24 bits per heavy atom. The van der Waals surface area contributed by atoms with Crippen LogP contribution in [0.15, 0.2) is 28.8 Å². The van der Waals surface area contributed by atoms with E-state index >= 15 is 0 Å². The van der Waals surface area contributed by atoms with E-state index in [0.717, 1.165) is 0 Å². The lowest BCUT2D eigenvalue weighted by Gasteiger charge is -2.08. The second-order valence-electron chi connectivity index (χ2n) is 3.30. The summed E-state index contributed by atoms with van der Waals surface area (Å²) in [7, 11) is 0. The number of aliphatic carboxylic acids is 1. The monoisotopic (exact) mass is 233 g/mol. The lowest BCUT2D eigenvalue weighted by molar-refractivity contribution is -0.307. The number of hydrogen-bond acceptors (Lipinski definition) is 6. The van der Waals surface area contributed by atoms with Crippen LogP contribution in [0.4, 0.5) is 0 Å². The number of carbonyl (C=O) groups is 1. The standard InChI is InChI=1S/C11H10N2O4/c1-7-12-11(17-13-7)8-4-2-3-5-9(8)16-6-10(14)15/h2-5H,6H2,1H3,(H,14,15)/p-1. The zero-order valence-electron chi connectivity index (χ0n) is 9.04. The smallest absolute Gasteiger partial charge is 0.261 e. The minimum Gasteiger partial charge on any atom is -0.546 e. The number of para-hydroxylation sites is 1. The minimum absolute atomic E-state index is 0.288. The molecule has 0 aliphatic rings. The number of benzene rings is 1. The second kappa shape index (κ2) is 4.65. The summed E-state index contributed by atoms with van der Waals surface area (Å²) in [6.45, 7) is 1.17. The van der Waals surface area contributed by atoms with Gasteiger partial charge in [-0.25, -0.2) is 0 Å². The van der Waals surface area contributed by atoms with Crippen molar-refractivity contribution in [1.29, 1.82) is 0 Å². The predicted octanol–water partition coefficient (Wildman–Crippen LogP) is 0.174. The van der Waals surface area contributed by atoms with Crippen molar-refractivity contribution in [3.63, 3.8) is 0 Å². The van der Waals surface area contributed by atoms with Gasteiger partial charge < -0.3 is 19.2 Å². The summed E-state index contributed by atoms with van der Waals surface area (Å²) in [5.41, 5.74) is 0.550. The van der Waals surface area contributed by atoms with E-state index in [1.807, 2.05) is 0 Å². The first-order valence-electron chi connectivity index (χ1n) is 4.89. The van der Waals surface area contributed by atoms with Gasteiger partial charge in [-0.15, -0.1) is 0 Å². The number of carboxylic acids is 1. The Kier molecular flexibility index (Phi) is 3.04. The highest BCUT2D eigenvalue weighted by Gasteiger charge is 2.11. The maximum absolute atomic E-state index is 10.3. The zero-order valence-corrected chi connectivity index (χ0v) is 9.04. The fraction of sp³-hybridized carbons (Fsp3) is 0.182. The highest BCUT2D eigenvalue weighted by Crippen LogP contribution is 2.28. The van der Waals surface area contributed by atoms with Gasteiger partial charge in [-0.1, -0.05) is 17.3 Å². The fourth-order valence-corrected chi connectivity index (χ4v) is 1.31. The number of carbonyl (C=O) groups excluding carboxylic acids is 1. The van der Waals surface area contributed by atoms with Crippen LogP contribution in [0.1, 0.15) is 5.82 Å². The molecule has 0 aliphatic heterocycles. The SMILES string of the molecule is Cc1noc(-c2ccccc2OCC(=O)[O-])n1. The molecule has 0 saturated heterocycles. The predicted molar refractivity (Wildman–Crippen MR) is 55.0 cm³/mol. The van der Waals surface area contributed by atoms with E-state index in [1.54, 1.807) is 31.2 Å². The molecule has 2 rings (SSSR count). The number of carboxylic acid groups (broad SMARTS) is 1. The molecule has 1 aromatic carbocycles. The molecule has 0 atom stereocenters. The largest absolute Gasteiger partial charge is 0.546 e. The summed E-state index contributed by atoms with van der Waals surface area (Å²) >= 11 is 0. The molecular formula is C11H9N2O4-. The first kappa shape index (κ1) is 11.1. The van der Waals surface area contributed by atoms with Gasteiger partial charge in [0.1, 0.15) is 12.4 Å². The maximum atomic E-state index is 10.3. The van der Waals surface area contributed by atoms with Gasteiger partial charge in [0.2, 0.25) is 0 Å². The molecule has 0 bridgehead atoms. The molecule has 6 heteroatoms. The topological polar surface area (TPSA) is 88.3 Å². The number of hydrogen-bond donors (Lipinski definition) is 0. The molecule has 6 nitrogen and oxygen atoms in total. The van der Waals surface area contributed by atoms with Crippen molar-refractivity contribution in [1.82, 2.24) is 10.1 Å². The molecule has 0 radical (unpaired) electrons. The van der Waals surface area contributed by atoms with E-state index in [0.29, 0.717) is 17.1 Å². The molecule has 1 aromatic heterocycles. The molecule has 0 spiro atoms. The first-order chi connectivity index (χ1) is 8.16. The van der Waals surface area contributed by atoms with Gasteiger partial charge in [0, 0.05) is 0 Å². The molecular weight excluding hydrogens is 224 g/mol. The van der Waals surface area contributed by atoms with Crippen LogP contribution in [-0.4, -0.2) is 22.7 Å². The number of aryl methyl sites for hydroxylation is 1. The maximum Gasteiger partial charge on any atom is 0.261 e. The molecule has 88 valence electrons. The summed E-state index contributed by atoms with van der Waals surface area (Å²) in [5, 5.41) is 14.0. The van der Waals surface area contributed by atoms with Crippen molar-refractivity contribution in [3.8, 4) is 17.2 Å². The van der Waals surface area contributed by atoms with E-state index < -0.39 is 12.6 Å². The van der Waals surface area contributed by atoms with Gasteiger partial charge >= 0.3 is 0 Å². The molecule has 1 heterocycles. The van der Waals surface area contributed by atoms with E-state index in [9.17, 15) is 9.90 Å². The third-order valence-electron chi connectivity index (χ3n) is 1.99. The van der Waals surface area contributed by atoms with Gasteiger partial charge in [-0.2, -0.15) is 4.98 Å².